The molecule has 0 amide bonds. The maximum absolute atomic E-state index is 12.5. The SMILES string of the molecule is CCCN(CC(=O)OC)S(=O)(=O)N1CCC(C)CC1. The lowest BCUT2D eigenvalue weighted by Crippen LogP contribution is -2.48. The fourth-order valence-electron chi connectivity index (χ4n) is 2.11. The van der Waals surface area contributed by atoms with E-state index in [-0.39, 0.29) is 6.54 Å². The first-order valence-corrected chi connectivity index (χ1v) is 8.13. The standard InChI is InChI=1S/C12H24N2O4S/c1-4-7-14(10-12(15)18-3)19(16,17)13-8-5-11(2)6-9-13/h11H,4-10H2,1-3H3. The maximum Gasteiger partial charge on any atom is 0.321 e. The molecule has 1 saturated heterocycles. The quantitative estimate of drug-likeness (QED) is 0.681. The Morgan fingerprint density at radius 2 is 1.95 bits per heavy atom. The molecule has 1 aliphatic rings. The highest BCUT2D eigenvalue weighted by atomic mass is 32.2. The molecule has 0 bridgehead atoms. The van der Waals surface area contributed by atoms with Crippen molar-refractivity contribution in [2.45, 2.75) is 33.1 Å². The van der Waals surface area contributed by atoms with Gasteiger partial charge in [0.05, 0.1) is 7.11 Å². The smallest absolute Gasteiger partial charge is 0.321 e. The molecule has 0 saturated carbocycles. The zero-order valence-electron chi connectivity index (χ0n) is 12.0. The molecule has 1 fully saturated rings. The largest absolute Gasteiger partial charge is 0.468 e. The number of carbonyl (C=O) groups excluding carboxylic acids is 1. The summed E-state index contributed by atoms with van der Waals surface area (Å²) in [4.78, 5) is 11.3. The predicted molar refractivity (Wildman–Crippen MR) is 72.8 cm³/mol. The van der Waals surface area contributed by atoms with Gasteiger partial charge in [0.15, 0.2) is 0 Å². The van der Waals surface area contributed by atoms with Crippen molar-refractivity contribution < 1.29 is 17.9 Å². The first-order chi connectivity index (χ1) is 8.91. The Morgan fingerprint density at radius 1 is 1.37 bits per heavy atom. The Balaban J connectivity index is 2.77. The van der Waals surface area contributed by atoms with Gasteiger partial charge in [0.2, 0.25) is 0 Å². The number of rotatable bonds is 6. The van der Waals surface area contributed by atoms with Crippen LogP contribution in [-0.2, 0) is 19.7 Å². The molecule has 0 radical (unpaired) electrons. The van der Waals surface area contributed by atoms with E-state index in [2.05, 4.69) is 11.7 Å². The molecule has 1 heterocycles. The Morgan fingerprint density at radius 3 is 2.42 bits per heavy atom. The highest BCUT2D eigenvalue weighted by molar-refractivity contribution is 7.86. The van der Waals surface area contributed by atoms with Crippen LogP contribution < -0.4 is 0 Å². The van der Waals surface area contributed by atoms with Crippen LogP contribution >= 0.6 is 0 Å². The Kier molecular flexibility index (Phi) is 6.22. The van der Waals surface area contributed by atoms with E-state index in [9.17, 15) is 13.2 Å². The molecule has 0 N–H and O–H groups in total. The molecule has 0 aromatic heterocycles. The van der Waals surface area contributed by atoms with Crippen LogP contribution in [0.2, 0.25) is 0 Å². The molecule has 112 valence electrons. The normalized spacial score (nSPS) is 18.7. The average Bonchev–Trinajstić information content (AvgIpc) is 2.38. The minimum atomic E-state index is -3.55. The third kappa shape index (κ3) is 4.43. The van der Waals surface area contributed by atoms with E-state index in [1.165, 1.54) is 15.7 Å². The number of ether oxygens (including phenoxy) is 1. The van der Waals surface area contributed by atoms with Gasteiger partial charge in [-0.2, -0.15) is 17.0 Å². The van der Waals surface area contributed by atoms with E-state index in [4.69, 9.17) is 0 Å². The van der Waals surface area contributed by atoms with E-state index < -0.39 is 16.2 Å². The topological polar surface area (TPSA) is 66.9 Å². The first-order valence-electron chi connectivity index (χ1n) is 6.73. The van der Waals surface area contributed by atoms with Gasteiger partial charge in [0.25, 0.3) is 10.2 Å². The lowest BCUT2D eigenvalue weighted by Gasteiger charge is -2.33. The molecule has 7 heteroatoms. The second-order valence-electron chi connectivity index (χ2n) is 5.00. The van der Waals surface area contributed by atoms with Crippen molar-refractivity contribution in [1.82, 2.24) is 8.61 Å². The summed E-state index contributed by atoms with van der Waals surface area (Å²) in [6, 6.07) is 0. The molecule has 1 rings (SSSR count). The van der Waals surface area contributed by atoms with E-state index >= 15 is 0 Å². The van der Waals surface area contributed by atoms with Crippen molar-refractivity contribution in [3.05, 3.63) is 0 Å². The fraction of sp³-hybridized carbons (Fsp3) is 0.917. The van der Waals surface area contributed by atoms with Gasteiger partial charge in [-0.3, -0.25) is 4.79 Å². The summed E-state index contributed by atoms with van der Waals surface area (Å²) >= 11 is 0. The highest BCUT2D eigenvalue weighted by Gasteiger charge is 2.32. The molecule has 0 unspecified atom stereocenters. The number of piperidine rings is 1. The van der Waals surface area contributed by atoms with Crippen molar-refractivity contribution in [2.24, 2.45) is 5.92 Å². The second-order valence-corrected chi connectivity index (χ2v) is 6.93. The number of carbonyl (C=O) groups is 1. The zero-order valence-corrected chi connectivity index (χ0v) is 12.8. The van der Waals surface area contributed by atoms with E-state index in [0.717, 1.165) is 12.8 Å². The van der Waals surface area contributed by atoms with Crippen molar-refractivity contribution in [3.63, 3.8) is 0 Å². The van der Waals surface area contributed by atoms with Crippen LogP contribution in [0.25, 0.3) is 0 Å². The summed E-state index contributed by atoms with van der Waals surface area (Å²) in [5.41, 5.74) is 0. The number of esters is 1. The summed E-state index contributed by atoms with van der Waals surface area (Å²) in [5.74, 6) is 0.0362. The second kappa shape index (κ2) is 7.21. The number of methoxy groups -OCH3 is 1. The van der Waals surface area contributed by atoms with Gasteiger partial charge < -0.3 is 4.74 Å². The van der Waals surface area contributed by atoms with Gasteiger partial charge in [-0.15, -0.1) is 0 Å². The summed E-state index contributed by atoms with van der Waals surface area (Å²) in [7, 11) is -2.28. The highest BCUT2D eigenvalue weighted by Crippen LogP contribution is 2.20. The molecule has 0 aliphatic carbocycles. The minimum Gasteiger partial charge on any atom is -0.468 e. The zero-order chi connectivity index (χ0) is 14.5. The van der Waals surface area contributed by atoms with Crippen LogP contribution in [0.1, 0.15) is 33.1 Å². The van der Waals surface area contributed by atoms with Gasteiger partial charge in [-0.05, 0) is 25.2 Å². The van der Waals surface area contributed by atoms with Crippen molar-refractivity contribution in [1.29, 1.82) is 0 Å². The van der Waals surface area contributed by atoms with Crippen LogP contribution in [0.3, 0.4) is 0 Å². The predicted octanol–water partition coefficient (Wildman–Crippen LogP) is 0.848. The number of nitrogens with zero attached hydrogens (tertiary/aromatic N) is 2. The molecule has 0 spiro atoms. The average molecular weight is 292 g/mol. The van der Waals surface area contributed by atoms with Crippen molar-refractivity contribution >= 4 is 16.2 Å². The van der Waals surface area contributed by atoms with E-state index in [1.54, 1.807) is 0 Å². The van der Waals surface area contributed by atoms with Crippen molar-refractivity contribution in [2.75, 3.05) is 33.3 Å². The third-order valence-corrected chi connectivity index (χ3v) is 5.38. The molecule has 0 aromatic carbocycles. The minimum absolute atomic E-state index is 0.210. The van der Waals surface area contributed by atoms with Gasteiger partial charge in [0, 0.05) is 19.6 Å². The molecule has 19 heavy (non-hydrogen) atoms. The lowest BCUT2D eigenvalue weighted by atomic mass is 10.0. The fourth-order valence-corrected chi connectivity index (χ4v) is 3.79. The molecular formula is C12H24N2O4S. The Labute approximate surface area is 115 Å². The Hall–Kier alpha value is -0.660. The van der Waals surface area contributed by atoms with Crippen LogP contribution in [-0.4, -0.2) is 56.3 Å². The van der Waals surface area contributed by atoms with Gasteiger partial charge in [-0.1, -0.05) is 13.8 Å². The third-order valence-electron chi connectivity index (χ3n) is 3.40. The monoisotopic (exact) mass is 292 g/mol. The molecule has 6 nitrogen and oxygen atoms in total. The lowest BCUT2D eigenvalue weighted by molar-refractivity contribution is -0.140. The number of hydrogen-bond donors (Lipinski definition) is 0. The molecule has 0 atom stereocenters. The number of hydrogen-bond acceptors (Lipinski definition) is 4. The molecular weight excluding hydrogens is 268 g/mol. The van der Waals surface area contributed by atoms with Crippen LogP contribution in [0, 0.1) is 5.92 Å². The Bertz CT molecular complexity index is 389. The maximum atomic E-state index is 12.5. The van der Waals surface area contributed by atoms with Crippen LogP contribution in [0.15, 0.2) is 0 Å². The van der Waals surface area contributed by atoms with E-state index in [0.29, 0.717) is 32.0 Å². The van der Waals surface area contributed by atoms with Crippen LogP contribution in [0.4, 0.5) is 0 Å². The summed E-state index contributed by atoms with van der Waals surface area (Å²) in [6.07, 6.45) is 2.41. The van der Waals surface area contributed by atoms with Crippen LogP contribution in [0.5, 0.6) is 0 Å². The molecule has 1 aliphatic heterocycles. The van der Waals surface area contributed by atoms with Gasteiger partial charge >= 0.3 is 5.97 Å². The first kappa shape index (κ1) is 16.4. The summed E-state index contributed by atoms with van der Waals surface area (Å²) < 4.78 is 32.2. The molecule has 0 aromatic rings. The summed E-state index contributed by atoms with van der Waals surface area (Å²) in [5, 5.41) is 0. The van der Waals surface area contributed by atoms with Gasteiger partial charge in [0.1, 0.15) is 6.54 Å². The van der Waals surface area contributed by atoms with Crippen molar-refractivity contribution in [3.8, 4) is 0 Å². The summed E-state index contributed by atoms with van der Waals surface area (Å²) in [6.45, 7) is 5.21. The van der Waals surface area contributed by atoms with E-state index in [1.807, 2.05) is 6.92 Å². The van der Waals surface area contributed by atoms with Gasteiger partial charge in [-0.25, -0.2) is 0 Å².